The van der Waals surface area contributed by atoms with Crippen LogP contribution >= 0.6 is 0 Å². The number of piperidine rings is 1. The van der Waals surface area contributed by atoms with Crippen LogP contribution in [0.4, 0.5) is 5.82 Å². The Morgan fingerprint density at radius 2 is 1.73 bits per heavy atom. The third-order valence-corrected chi connectivity index (χ3v) is 5.85. The van der Waals surface area contributed by atoms with Crippen molar-refractivity contribution in [2.45, 2.75) is 25.2 Å². The Kier molecular flexibility index (Phi) is 6.24. The monoisotopic (exact) mass is 398 g/mol. The second-order valence-electron chi connectivity index (χ2n) is 7.77. The van der Waals surface area contributed by atoms with Gasteiger partial charge in [-0.25, -0.2) is 0 Å². The van der Waals surface area contributed by atoms with Gasteiger partial charge in [-0.15, -0.1) is 5.10 Å². The van der Waals surface area contributed by atoms with Crippen molar-refractivity contribution in [3.8, 4) is 11.8 Å². The number of ether oxygens (including phenoxy) is 1. The topological polar surface area (TPSA) is 62.0 Å². The second-order valence-corrected chi connectivity index (χ2v) is 7.77. The third kappa shape index (κ3) is 4.60. The van der Waals surface area contributed by atoms with Crippen molar-refractivity contribution in [3.05, 3.63) is 83.6 Å². The van der Waals surface area contributed by atoms with E-state index in [0.717, 1.165) is 49.5 Å². The molecular formula is C25H26N4O. The summed E-state index contributed by atoms with van der Waals surface area (Å²) in [6.45, 7) is 1.98. The number of benzene rings is 2. The Morgan fingerprint density at radius 1 is 1.00 bits per heavy atom. The van der Waals surface area contributed by atoms with Crippen LogP contribution in [0, 0.1) is 17.2 Å². The molecule has 1 aliphatic rings. The Balaban J connectivity index is 1.38. The van der Waals surface area contributed by atoms with Crippen molar-refractivity contribution < 1.29 is 4.74 Å². The Morgan fingerprint density at radius 3 is 2.33 bits per heavy atom. The molecule has 0 bridgehead atoms. The molecule has 152 valence electrons. The van der Waals surface area contributed by atoms with Gasteiger partial charge >= 0.3 is 0 Å². The highest BCUT2D eigenvalue weighted by Crippen LogP contribution is 2.27. The summed E-state index contributed by atoms with van der Waals surface area (Å²) in [5.74, 6) is 1.94. The molecule has 0 N–H and O–H groups in total. The van der Waals surface area contributed by atoms with Crippen molar-refractivity contribution in [1.29, 1.82) is 5.26 Å². The first-order valence-corrected chi connectivity index (χ1v) is 10.4. The summed E-state index contributed by atoms with van der Waals surface area (Å²) in [4.78, 5) is 2.30. The largest absolute Gasteiger partial charge is 0.497 e. The lowest BCUT2D eigenvalue weighted by Gasteiger charge is -2.32. The molecule has 1 atom stereocenters. The fourth-order valence-electron chi connectivity index (χ4n) is 4.08. The number of aromatic nitrogens is 2. The molecule has 2 aromatic carbocycles. The second kappa shape index (κ2) is 9.41. The average molecular weight is 399 g/mol. The quantitative estimate of drug-likeness (QED) is 0.607. The molecular weight excluding hydrogens is 372 g/mol. The molecule has 0 aliphatic carbocycles. The average Bonchev–Trinajstić information content (AvgIpc) is 2.82. The maximum Gasteiger partial charge on any atom is 0.151 e. The van der Waals surface area contributed by atoms with Gasteiger partial charge in [0.1, 0.15) is 11.7 Å². The highest BCUT2D eigenvalue weighted by Gasteiger charge is 2.22. The van der Waals surface area contributed by atoms with Gasteiger partial charge in [-0.2, -0.15) is 10.4 Å². The van der Waals surface area contributed by atoms with E-state index in [9.17, 15) is 5.26 Å². The lowest BCUT2D eigenvalue weighted by atomic mass is 9.90. The zero-order valence-corrected chi connectivity index (χ0v) is 17.2. The van der Waals surface area contributed by atoms with E-state index in [2.05, 4.69) is 51.5 Å². The minimum Gasteiger partial charge on any atom is -0.497 e. The standard InChI is InChI=1S/C25H26N4O/c1-30-22-9-7-21(8-10-22)23(18-26)24-11-12-25(28-27-24)29-15-13-20(14-16-29)17-19-5-3-2-4-6-19/h2-12,20,23H,13-17H2,1H3. The molecule has 3 aromatic rings. The van der Waals surface area contributed by atoms with E-state index >= 15 is 0 Å². The summed E-state index contributed by atoms with van der Waals surface area (Å²) in [5, 5.41) is 18.5. The smallest absolute Gasteiger partial charge is 0.151 e. The molecule has 2 heterocycles. The molecule has 1 fully saturated rings. The Hall–Kier alpha value is -3.39. The number of hydrogen-bond donors (Lipinski definition) is 0. The molecule has 4 rings (SSSR count). The molecule has 5 heteroatoms. The predicted octanol–water partition coefficient (Wildman–Crippen LogP) is 4.60. The molecule has 1 aliphatic heterocycles. The van der Waals surface area contributed by atoms with Crippen LogP contribution in [0.15, 0.2) is 66.7 Å². The number of hydrogen-bond acceptors (Lipinski definition) is 5. The maximum absolute atomic E-state index is 9.67. The number of methoxy groups -OCH3 is 1. The zero-order valence-electron chi connectivity index (χ0n) is 17.2. The van der Waals surface area contributed by atoms with Gasteiger partial charge in [-0.05, 0) is 60.6 Å². The molecule has 0 saturated carbocycles. The Bertz CT molecular complexity index is 972. The van der Waals surface area contributed by atoms with Crippen LogP contribution < -0.4 is 9.64 Å². The fraction of sp³-hybridized carbons (Fsp3) is 0.320. The van der Waals surface area contributed by atoms with Crippen LogP contribution in [0.3, 0.4) is 0 Å². The van der Waals surface area contributed by atoms with Crippen LogP contribution in [-0.4, -0.2) is 30.4 Å². The van der Waals surface area contributed by atoms with Gasteiger partial charge in [0.2, 0.25) is 0 Å². The molecule has 0 radical (unpaired) electrons. The highest BCUT2D eigenvalue weighted by atomic mass is 16.5. The van der Waals surface area contributed by atoms with Crippen LogP contribution in [0.1, 0.15) is 35.6 Å². The van der Waals surface area contributed by atoms with Gasteiger partial charge in [0.25, 0.3) is 0 Å². The molecule has 5 nitrogen and oxygen atoms in total. The number of rotatable bonds is 6. The van der Waals surface area contributed by atoms with Gasteiger partial charge in [-0.1, -0.05) is 42.5 Å². The van der Waals surface area contributed by atoms with Crippen LogP contribution in [0.2, 0.25) is 0 Å². The van der Waals surface area contributed by atoms with Crippen LogP contribution in [-0.2, 0) is 6.42 Å². The lowest BCUT2D eigenvalue weighted by Crippen LogP contribution is -2.35. The van der Waals surface area contributed by atoms with Gasteiger partial charge in [0.15, 0.2) is 5.82 Å². The Labute approximate surface area is 177 Å². The third-order valence-electron chi connectivity index (χ3n) is 5.85. The normalized spacial score (nSPS) is 15.4. The van der Waals surface area contributed by atoms with Gasteiger partial charge in [0, 0.05) is 13.1 Å². The molecule has 1 aromatic heterocycles. The van der Waals surface area contributed by atoms with E-state index in [4.69, 9.17) is 4.74 Å². The summed E-state index contributed by atoms with van der Waals surface area (Å²) in [7, 11) is 1.63. The van der Waals surface area contributed by atoms with Crippen molar-refractivity contribution in [1.82, 2.24) is 10.2 Å². The zero-order chi connectivity index (χ0) is 20.8. The van der Waals surface area contributed by atoms with E-state index in [1.165, 1.54) is 5.56 Å². The van der Waals surface area contributed by atoms with E-state index in [-0.39, 0.29) is 0 Å². The van der Waals surface area contributed by atoms with Crippen molar-refractivity contribution in [2.24, 2.45) is 5.92 Å². The fourth-order valence-corrected chi connectivity index (χ4v) is 4.08. The minimum atomic E-state index is -0.436. The lowest BCUT2D eigenvalue weighted by molar-refractivity contribution is 0.401. The van der Waals surface area contributed by atoms with Crippen molar-refractivity contribution in [3.63, 3.8) is 0 Å². The first kappa shape index (κ1) is 19.9. The van der Waals surface area contributed by atoms with Crippen molar-refractivity contribution in [2.75, 3.05) is 25.1 Å². The van der Waals surface area contributed by atoms with Gasteiger partial charge in [0.05, 0.1) is 18.9 Å². The van der Waals surface area contributed by atoms with Gasteiger partial charge < -0.3 is 9.64 Å². The highest BCUT2D eigenvalue weighted by molar-refractivity contribution is 5.42. The first-order chi connectivity index (χ1) is 14.8. The SMILES string of the molecule is COc1ccc(C(C#N)c2ccc(N3CCC(Cc4ccccc4)CC3)nn2)cc1. The number of anilines is 1. The molecule has 0 amide bonds. The summed E-state index contributed by atoms with van der Waals surface area (Å²) < 4.78 is 5.20. The van der Waals surface area contributed by atoms with E-state index in [0.29, 0.717) is 11.6 Å². The number of nitrogens with zero attached hydrogens (tertiary/aromatic N) is 4. The number of nitriles is 1. The molecule has 1 unspecified atom stereocenters. The summed E-state index contributed by atoms with van der Waals surface area (Å²) in [6.07, 6.45) is 3.46. The minimum absolute atomic E-state index is 0.436. The summed E-state index contributed by atoms with van der Waals surface area (Å²) in [5.41, 5.74) is 2.98. The van der Waals surface area contributed by atoms with E-state index in [1.54, 1.807) is 7.11 Å². The summed E-state index contributed by atoms with van der Waals surface area (Å²) >= 11 is 0. The van der Waals surface area contributed by atoms with E-state index in [1.807, 2.05) is 36.4 Å². The maximum atomic E-state index is 9.67. The molecule has 1 saturated heterocycles. The molecule has 0 spiro atoms. The first-order valence-electron chi connectivity index (χ1n) is 10.4. The molecule has 30 heavy (non-hydrogen) atoms. The van der Waals surface area contributed by atoms with Crippen LogP contribution in [0.5, 0.6) is 5.75 Å². The van der Waals surface area contributed by atoms with Crippen LogP contribution in [0.25, 0.3) is 0 Å². The van der Waals surface area contributed by atoms with Gasteiger partial charge in [-0.3, -0.25) is 0 Å². The van der Waals surface area contributed by atoms with E-state index < -0.39 is 5.92 Å². The van der Waals surface area contributed by atoms with Crippen molar-refractivity contribution >= 4 is 5.82 Å². The predicted molar refractivity (Wildman–Crippen MR) is 118 cm³/mol. The summed E-state index contributed by atoms with van der Waals surface area (Å²) in [6, 6.07) is 24.5.